The Labute approximate surface area is 222 Å². The summed E-state index contributed by atoms with van der Waals surface area (Å²) in [7, 11) is -2.39. The molecule has 1 aliphatic rings. The van der Waals surface area contributed by atoms with E-state index in [0.29, 0.717) is 24.0 Å². The lowest BCUT2D eigenvalue weighted by atomic mass is 10.0. The fourth-order valence-corrected chi connectivity index (χ4v) is 6.44. The predicted molar refractivity (Wildman–Crippen MR) is 147 cm³/mol. The highest BCUT2D eigenvalue weighted by atomic mass is 32.2. The molecular formula is C29H30N4O4S. The van der Waals surface area contributed by atoms with Crippen molar-refractivity contribution >= 4 is 32.2 Å². The first-order chi connectivity index (χ1) is 18.4. The Morgan fingerprint density at radius 3 is 2.42 bits per heavy atom. The zero-order valence-electron chi connectivity index (χ0n) is 21.1. The molecule has 196 valence electrons. The topological polar surface area (TPSA) is 103 Å². The molecule has 1 amide bonds. The number of aromatic hydroxyl groups is 1. The summed E-state index contributed by atoms with van der Waals surface area (Å²) >= 11 is 0. The van der Waals surface area contributed by atoms with E-state index in [1.807, 2.05) is 35.2 Å². The van der Waals surface area contributed by atoms with Gasteiger partial charge in [0.25, 0.3) is 0 Å². The summed E-state index contributed by atoms with van der Waals surface area (Å²) in [5.41, 5.74) is 1.76. The van der Waals surface area contributed by atoms with Crippen LogP contribution >= 0.6 is 0 Å². The fraction of sp³-hybridized carbons (Fsp3) is 0.241. The van der Waals surface area contributed by atoms with Crippen molar-refractivity contribution in [3.8, 4) is 5.75 Å². The third-order valence-corrected chi connectivity index (χ3v) is 8.74. The summed E-state index contributed by atoms with van der Waals surface area (Å²) < 4.78 is 27.2. The predicted octanol–water partition coefficient (Wildman–Crippen LogP) is 3.25. The number of fused-ring (bicyclic) bond motifs is 1. The summed E-state index contributed by atoms with van der Waals surface area (Å²) in [5.74, 6) is -0.388. The highest BCUT2D eigenvalue weighted by Gasteiger charge is 2.29. The van der Waals surface area contributed by atoms with Gasteiger partial charge in [0.15, 0.2) is 5.03 Å². The molecule has 1 aromatic heterocycles. The van der Waals surface area contributed by atoms with Crippen molar-refractivity contribution in [2.24, 2.45) is 0 Å². The van der Waals surface area contributed by atoms with E-state index in [0.717, 1.165) is 24.2 Å². The van der Waals surface area contributed by atoms with E-state index in [-0.39, 0.29) is 28.0 Å². The van der Waals surface area contributed by atoms with Crippen molar-refractivity contribution in [3.63, 3.8) is 0 Å². The lowest BCUT2D eigenvalue weighted by Crippen LogP contribution is -2.54. The van der Waals surface area contributed by atoms with Gasteiger partial charge >= 0.3 is 0 Å². The number of carbonyl (C=O) groups is 1. The maximum absolute atomic E-state index is 13.6. The van der Waals surface area contributed by atoms with Crippen molar-refractivity contribution in [2.45, 2.75) is 22.4 Å². The number of piperazine rings is 1. The van der Waals surface area contributed by atoms with Gasteiger partial charge in [-0.05, 0) is 54.8 Å². The Hall–Kier alpha value is -3.95. The number of aromatic nitrogens is 1. The second kappa shape index (κ2) is 10.8. The van der Waals surface area contributed by atoms with Crippen LogP contribution in [0.1, 0.15) is 5.56 Å². The van der Waals surface area contributed by atoms with Crippen molar-refractivity contribution in [1.82, 2.24) is 15.2 Å². The van der Waals surface area contributed by atoms with E-state index >= 15 is 0 Å². The molecule has 3 aromatic carbocycles. The first-order valence-corrected chi connectivity index (χ1v) is 14.0. The van der Waals surface area contributed by atoms with E-state index in [1.165, 1.54) is 18.3 Å². The minimum atomic E-state index is -4.12. The summed E-state index contributed by atoms with van der Waals surface area (Å²) in [5, 5.41) is 14.7. The van der Waals surface area contributed by atoms with Crippen molar-refractivity contribution in [1.29, 1.82) is 0 Å². The number of rotatable bonds is 7. The monoisotopic (exact) mass is 530 g/mol. The molecule has 0 radical (unpaired) electrons. The summed E-state index contributed by atoms with van der Waals surface area (Å²) in [6.45, 7) is 2.69. The quantitative estimate of drug-likeness (QED) is 0.378. The van der Waals surface area contributed by atoms with E-state index in [1.54, 1.807) is 31.3 Å². The maximum Gasteiger partial charge on any atom is 0.240 e. The van der Waals surface area contributed by atoms with E-state index < -0.39 is 15.9 Å². The molecule has 1 saturated heterocycles. The average Bonchev–Trinajstić information content (AvgIpc) is 2.96. The number of amides is 1. The highest BCUT2D eigenvalue weighted by Crippen LogP contribution is 2.32. The molecule has 2 N–H and O–H groups in total. The molecule has 1 fully saturated rings. The Morgan fingerprint density at radius 2 is 1.68 bits per heavy atom. The Kier molecular flexibility index (Phi) is 7.31. The summed E-state index contributed by atoms with van der Waals surface area (Å²) in [6, 6.07) is 22.9. The van der Waals surface area contributed by atoms with Gasteiger partial charge in [-0.1, -0.05) is 48.5 Å². The minimum Gasteiger partial charge on any atom is -0.507 e. The Balaban J connectivity index is 1.34. The van der Waals surface area contributed by atoms with Crippen LogP contribution < -0.4 is 10.2 Å². The third kappa shape index (κ3) is 5.07. The first-order valence-electron chi connectivity index (χ1n) is 12.6. The number of hydrogen-bond donors (Lipinski definition) is 2. The molecule has 8 nitrogen and oxygen atoms in total. The van der Waals surface area contributed by atoms with Crippen LogP contribution in [0, 0.1) is 0 Å². The molecule has 1 atom stereocenters. The number of likely N-dealkylation sites (N-methyl/N-ethyl adjacent to an activating group) is 1. The number of carbonyl (C=O) groups excluding carboxylic acids is 1. The summed E-state index contributed by atoms with van der Waals surface area (Å²) in [4.78, 5) is 21.4. The molecule has 38 heavy (non-hydrogen) atoms. The Morgan fingerprint density at radius 1 is 0.974 bits per heavy atom. The molecule has 5 rings (SSSR count). The largest absolute Gasteiger partial charge is 0.507 e. The van der Waals surface area contributed by atoms with Gasteiger partial charge in [0, 0.05) is 43.4 Å². The molecule has 0 aliphatic carbocycles. The van der Waals surface area contributed by atoms with Crippen LogP contribution in [0.4, 0.5) is 5.69 Å². The molecule has 9 heteroatoms. The lowest BCUT2D eigenvalue weighted by Gasteiger charge is -2.37. The van der Waals surface area contributed by atoms with Gasteiger partial charge in [0.05, 0.1) is 6.04 Å². The van der Waals surface area contributed by atoms with Gasteiger partial charge < -0.3 is 20.2 Å². The molecule has 0 spiro atoms. The van der Waals surface area contributed by atoms with Gasteiger partial charge in [0.1, 0.15) is 10.6 Å². The van der Waals surface area contributed by atoms with Crippen LogP contribution in [-0.2, 0) is 21.1 Å². The van der Waals surface area contributed by atoms with Gasteiger partial charge in [-0.2, -0.15) is 0 Å². The standard InChI is InChI=1S/C29H30N4O4S/c1-30-25(29(35)33-17-15-32(16-18-33)23-8-3-2-4-9-23)19-21-11-12-26(34)27(20-21)38(36,37)28-24-10-6-5-7-22(24)13-14-31-28/h2-14,20,25,30,34H,15-19H2,1H3. The normalized spacial score (nSPS) is 15.0. The molecule has 0 saturated carbocycles. The molecular weight excluding hydrogens is 500 g/mol. The van der Waals surface area contributed by atoms with Crippen molar-refractivity contribution in [2.75, 3.05) is 38.1 Å². The first kappa shape index (κ1) is 25.7. The zero-order chi connectivity index (χ0) is 26.7. The van der Waals surface area contributed by atoms with Crippen LogP contribution in [-0.4, -0.2) is 68.6 Å². The maximum atomic E-state index is 13.6. The van der Waals surface area contributed by atoms with Crippen molar-refractivity contribution in [3.05, 3.63) is 90.6 Å². The van der Waals surface area contributed by atoms with Gasteiger partial charge in [0.2, 0.25) is 15.7 Å². The fourth-order valence-electron chi connectivity index (χ4n) is 4.90. The van der Waals surface area contributed by atoms with Gasteiger partial charge in [-0.15, -0.1) is 0 Å². The van der Waals surface area contributed by atoms with E-state index in [2.05, 4.69) is 27.3 Å². The molecule has 2 heterocycles. The third-order valence-electron chi connectivity index (χ3n) is 7.00. The molecule has 4 aromatic rings. The molecule has 1 aliphatic heterocycles. The average molecular weight is 531 g/mol. The van der Waals surface area contributed by atoms with E-state index in [9.17, 15) is 18.3 Å². The van der Waals surface area contributed by atoms with Crippen LogP contribution in [0.5, 0.6) is 5.75 Å². The number of sulfone groups is 1. The number of nitrogens with zero attached hydrogens (tertiary/aromatic N) is 3. The van der Waals surface area contributed by atoms with Crippen LogP contribution in [0.25, 0.3) is 10.8 Å². The number of phenols is 1. The number of pyridine rings is 1. The number of anilines is 1. The smallest absolute Gasteiger partial charge is 0.240 e. The SMILES string of the molecule is CNC(Cc1ccc(O)c(S(=O)(=O)c2nccc3ccccc23)c1)C(=O)N1CCN(c2ccccc2)CC1. The zero-order valence-corrected chi connectivity index (χ0v) is 21.9. The number of phenolic OH excluding ortho intramolecular Hbond substituents is 1. The second-order valence-electron chi connectivity index (χ2n) is 9.34. The van der Waals surface area contributed by atoms with Crippen LogP contribution in [0.2, 0.25) is 0 Å². The molecule has 1 unspecified atom stereocenters. The van der Waals surface area contributed by atoms with E-state index in [4.69, 9.17) is 0 Å². The number of nitrogens with one attached hydrogen (secondary N) is 1. The van der Waals surface area contributed by atoms with Gasteiger partial charge in [-0.25, -0.2) is 13.4 Å². The second-order valence-corrected chi connectivity index (χ2v) is 11.2. The molecule has 0 bridgehead atoms. The summed E-state index contributed by atoms with van der Waals surface area (Å²) in [6.07, 6.45) is 1.73. The van der Waals surface area contributed by atoms with Gasteiger partial charge in [-0.3, -0.25) is 4.79 Å². The minimum absolute atomic E-state index is 0.0339. The highest BCUT2D eigenvalue weighted by molar-refractivity contribution is 7.91. The lowest BCUT2D eigenvalue weighted by molar-refractivity contribution is -0.133. The van der Waals surface area contributed by atoms with Crippen molar-refractivity contribution < 1.29 is 18.3 Å². The van der Waals surface area contributed by atoms with Crippen LogP contribution in [0.3, 0.4) is 0 Å². The number of hydrogen-bond acceptors (Lipinski definition) is 7. The number of benzene rings is 3. The number of para-hydroxylation sites is 1. The Bertz CT molecular complexity index is 1550. The van der Waals surface area contributed by atoms with Crippen LogP contribution in [0.15, 0.2) is 95.0 Å².